The van der Waals surface area contributed by atoms with E-state index < -0.39 is 6.67 Å². The summed E-state index contributed by atoms with van der Waals surface area (Å²) in [4.78, 5) is 0. The van der Waals surface area contributed by atoms with Crippen LogP contribution in [-0.4, -0.2) is 25.9 Å². The summed E-state index contributed by atoms with van der Waals surface area (Å²) >= 11 is 0. The van der Waals surface area contributed by atoms with Crippen LogP contribution in [0.4, 0.5) is 4.39 Å². The zero-order valence-corrected chi connectivity index (χ0v) is 8.62. The molecule has 0 radical (unpaired) electrons. The highest BCUT2D eigenvalue weighted by Crippen LogP contribution is 2.16. The second-order valence-corrected chi connectivity index (χ2v) is 3.77. The van der Waals surface area contributed by atoms with Crippen molar-refractivity contribution in [3.8, 4) is 0 Å². The van der Waals surface area contributed by atoms with E-state index in [9.17, 15) is 4.39 Å². The second kappa shape index (κ2) is 5.28. The third-order valence-electron chi connectivity index (χ3n) is 2.66. The number of ether oxygens (including phenoxy) is 1. The Hall–Kier alpha value is -0.870. The lowest BCUT2D eigenvalue weighted by Crippen LogP contribution is -2.30. The van der Waals surface area contributed by atoms with E-state index in [2.05, 4.69) is 5.32 Å². The smallest absolute Gasteiger partial charge is 0.123 e. The van der Waals surface area contributed by atoms with Crippen LogP contribution in [-0.2, 0) is 4.74 Å². The molecule has 1 aromatic rings. The van der Waals surface area contributed by atoms with Crippen LogP contribution in [0.3, 0.4) is 0 Å². The molecule has 0 aromatic carbocycles. The van der Waals surface area contributed by atoms with Crippen LogP contribution < -0.4 is 5.32 Å². The number of hydrogen-bond donors (Lipinski definition) is 1. The van der Waals surface area contributed by atoms with Crippen molar-refractivity contribution in [3.63, 3.8) is 0 Å². The number of halogens is 1. The number of rotatable bonds is 5. The van der Waals surface area contributed by atoms with Gasteiger partial charge in [0.2, 0.25) is 0 Å². The molecule has 1 aliphatic rings. The fourth-order valence-electron chi connectivity index (χ4n) is 1.80. The van der Waals surface area contributed by atoms with E-state index in [1.54, 1.807) is 18.4 Å². The highest BCUT2D eigenvalue weighted by Gasteiger charge is 2.19. The maximum absolute atomic E-state index is 12.7. The first kappa shape index (κ1) is 10.6. The zero-order chi connectivity index (χ0) is 10.5. The van der Waals surface area contributed by atoms with Gasteiger partial charge in [0.1, 0.15) is 12.4 Å². The Labute approximate surface area is 88.6 Å². The summed E-state index contributed by atoms with van der Waals surface area (Å²) in [7, 11) is 0. The summed E-state index contributed by atoms with van der Waals surface area (Å²) in [6.07, 6.45) is 3.96. The fourth-order valence-corrected chi connectivity index (χ4v) is 1.80. The highest BCUT2D eigenvalue weighted by atomic mass is 19.1. The molecule has 0 amide bonds. The monoisotopic (exact) mass is 213 g/mol. The normalized spacial score (nSPS) is 23.1. The van der Waals surface area contributed by atoms with Crippen molar-refractivity contribution >= 4 is 0 Å². The van der Waals surface area contributed by atoms with E-state index >= 15 is 0 Å². The van der Waals surface area contributed by atoms with E-state index in [1.165, 1.54) is 0 Å². The van der Waals surface area contributed by atoms with E-state index in [4.69, 9.17) is 9.15 Å². The molecule has 1 fully saturated rings. The minimum Gasteiger partial charge on any atom is -0.468 e. The van der Waals surface area contributed by atoms with Gasteiger partial charge in [0, 0.05) is 13.2 Å². The average Bonchev–Trinajstić information content (AvgIpc) is 2.90. The molecule has 1 aromatic heterocycles. The van der Waals surface area contributed by atoms with Gasteiger partial charge in [0.05, 0.1) is 18.4 Å². The predicted molar refractivity (Wildman–Crippen MR) is 54.4 cm³/mol. The van der Waals surface area contributed by atoms with Gasteiger partial charge in [0.15, 0.2) is 0 Å². The molecule has 0 aliphatic carbocycles. The van der Waals surface area contributed by atoms with Crippen molar-refractivity contribution in [1.82, 2.24) is 5.32 Å². The Bertz CT molecular complexity index is 270. The third kappa shape index (κ3) is 2.79. The molecule has 0 spiro atoms. The molecular formula is C11H16FNO2. The van der Waals surface area contributed by atoms with Crippen LogP contribution in [0, 0.1) is 0 Å². The molecule has 15 heavy (non-hydrogen) atoms. The molecule has 4 heteroatoms. The number of alkyl halides is 1. The topological polar surface area (TPSA) is 34.4 Å². The number of furan rings is 1. The van der Waals surface area contributed by atoms with E-state index in [0.717, 1.165) is 19.4 Å². The third-order valence-corrected chi connectivity index (χ3v) is 2.66. The van der Waals surface area contributed by atoms with Crippen molar-refractivity contribution in [3.05, 3.63) is 24.2 Å². The van der Waals surface area contributed by atoms with Gasteiger partial charge in [-0.15, -0.1) is 0 Å². The number of hydrogen-bond acceptors (Lipinski definition) is 3. The lowest BCUT2D eigenvalue weighted by Gasteiger charge is -2.16. The molecule has 0 bridgehead atoms. The van der Waals surface area contributed by atoms with Gasteiger partial charge in [-0.1, -0.05) is 0 Å². The molecule has 2 heterocycles. The van der Waals surface area contributed by atoms with Gasteiger partial charge in [-0.2, -0.15) is 0 Å². The Morgan fingerprint density at radius 2 is 2.53 bits per heavy atom. The molecule has 1 aliphatic heterocycles. The minimum absolute atomic E-state index is 0.231. The standard InChI is InChI=1S/C11H16FNO2/c12-7-10(11-4-2-6-15-11)13-8-9-3-1-5-14-9/h2,4,6,9-10,13H,1,3,5,7-8H2. The van der Waals surface area contributed by atoms with Crippen LogP contribution in [0.25, 0.3) is 0 Å². The van der Waals surface area contributed by atoms with Crippen molar-refractivity contribution < 1.29 is 13.5 Å². The van der Waals surface area contributed by atoms with Gasteiger partial charge >= 0.3 is 0 Å². The van der Waals surface area contributed by atoms with Crippen LogP contribution in [0.5, 0.6) is 0 Å². The Kier molecular flexibility index (Phi) is 3.75. The molecule has 2 rings (SSSR count). The second-order valence-electron chi connectivity index (χ2n) is 3.77. The summed E-state index contributed by atoms with van der Waals surface area (Å²) in [6.45, 7) is 1.06. The molecule has 3 nitrogen and oxygen atoms in total. The molecule has 2 atom stereocenters. The molecule has 1 saturated heterocycles. The Morgan fingerprint density at radius 1 is 1.60 bits per heavy atom. The SMILES string of the molecule is FCC(NCC1CCCO1)c1ccco1. The molecule has 84 valence electrons. The van der Waals surface area contributed by atoms with E-state index in [0.29, 0.717) is 12.3 Å². The minimum atomic E-state index is -0.458. The maximum atomic E-state index is 12.7. The average molecular weight is 213 g/mol. The van der Waals surface area contributed by atoms with Gasteiger partial charge < -0.3 is 14.5 Å². The van der Waals surface area contributed by atoms with Gasteiger partial charge in [-0.25, -0.2) is 4.39 Å². The van der Waals surface area contributed by atoms with Crippen LogP contribution in [0.1, 0.15) is 24.6 Å². The van der Waals surface area contributed by atoms with E-state index in [-0.39, 0.29) is 12.1 Å². The lowest BCUT2D eigenvalue weighted by atomic mass is 10.2. The van der Waals surface area contributed by atoms with Crippen LogP contribution in [0.2, 0.25) is 0 Å². The zero-order valence-electron chi connectivity index (χ0n) is 8.62. The maximum Gasteiger partial charge on any atom is 0.123 e. The predicted octanol–water partition coefficient (Wildman–Crippen LogP) is 2.06. The summed E-state index contributed by atoms with van der Waals surface area (Å²) in [5.74, 6) is 0.649. The van der Waals surface area contributed by atoms with E-state index in [1.807, 2.05) is 0 Å². The highest BCUT2D eigenvalue weighted by molar-refractivity contribution is 5.04. The Morgan fingerprint density at radius 3 is 3.13 bits per heavy atom. The van der Waals surface area contributed by atoms with Crippen molar-refractivity contribution in [2.24, 2.45) is 0 Å². The summed E-state index contributed by atoms with van der Waals surface area (Å²) in [5, 5.41) is 3.12. The first-order valence-corrected chi connectivity index (χ1v) is 5.34. The summed E-state index contributed by atoms with van der Waals surface area (Å²) < 4.78 is 23.3. The molecule has 2 unspecified atom stereocenters. The lowest BCUT2D eigenvalue weighted by molar-refractivity contribution is 0.105. The largest absolute Gasteiger partial charge is 0.468 e. The van der Waals surface area contributed by atoms with Crippen LogP contribution in [0.15, 0.2) is 22.8 Å². The van der Waals surface area contributed by atoms with Gasteiger partial charge in [0.25, 0.3) is 0 Å². The van der Waals surface area contributed by atoms with Crippen molar-refractivity contribution in [2.45, 2.75) is 25.0 Å². The summed E-state index contributed by atoms with van der Waals surface area (Å²) in [6, 6.07) is 3.21. The van der Waals surface area contributed by atoms with Gasteiger partial charge in [-0.05, 0) is 25.0 Å². The van der Waals surface area contributed by atoms with Crippen molar-refractivity contribution in [2.75, 3.05) is 19.8 Å². The van der Waals surface area contributed by atoms with Crippen LogP contribution >= 0.6 is 0 Å². The quantitative estimate of drug-likeness (QED) is 0.813. The number of nitrogens with one attached hydrogen (secondary N) is 1. The first-order valence-electron chi connectivity index (χ1n) is 5.34. The van der Waals surface area contributed by atoms with Gasteiger partial charge in [-0.3, -0.25) is 0 Å². The molecule has 1 N–H and O–H groups in total. The first-order chi connectivity index (χ1) is 7.40. The molecule has 0 saturated carbocycles. The van der Waals surface area contributed by atoms with Crippen molar-refractivity contribution in [1.29, 1.82) is 0 Å². The summed E-state index contributed by atoms with van der Waals surface area (Å²) in [5.41, 5.74) is 0. The molecular weight excluding hydrogens is 197 g/mol. The fraction of sp³-hybridized carbons (Fsp3) is 0.636. The Balaban J connectivity index is 1.80.